The van der Waals surface area contributed by atoms with Gasteiger partial charge in [-0.1, -0.05) is 19.1 Å². The van der Waals surface area contributed by atoms with Crippen molar-refractivity contribution in [1.82, 2.24) is 5.32 Å². The van der Waals surface area contributed by atoms with E-state index in [1.807, 2.05) is 12.1 Å². The summed E-state index contributed by atoms with van der Waals surface area (Å²) < 4.78 is 0. The number of aryl methyl sites for hydroxylation is 1. The Labute approximate surface area is 112 Å². The fraction of sp³-hybridized carbons (Fsp3) is 0.467. The molecule has 0 saturated heterocycles. The van der Waals surface area contributed by atoms with Crippen LogP contribution in [0.1, 0.15) is 48.2 Å². The monoisotopic (exact) mass is 261 g/mol. The van der Waals surface area contributed by atoms with Crippen molar-refractivity contribution in [2.45, 2.75) is 45.1 Å². The molecule has 1 unspecified atom stereocenters. The Hall–Kier alpha value is -1.84. The summed E-state index contributed by atoms with van der Waals surface area (Å²) in [5, 5.41) is 11.9. The van der Waals surface area contributed by atoms with Crippen LogP contribution in [0.4, 0.5) is 0 Å². The Morgan fingerprint density at radius 2 is 2.11 bits per heavy atom. The summed E-state index contributed by atoms with van der Waals surface area (Å²) >= 11 is 0. The third-order valence-corrected chi connectivity index (χ3v) is 3.96. The number of nitrogens with one attached hydrogen (secondary N) is 1. The third kappa shape index (κ3) is 2.48. The van der Waals surface area contributed by atoms with Crippen LogP contribution in [0, 0.1) is 0 Å². The molecule has 0 saturated carbocycles. The highest BCUT2D eigenvalue weighted by Gasteiger charge is 2.33. The number of carbonyl (C=O) groups excluding carboxylic acids is 1. The van der Waals surface area contributed by atoms with E-state index in [1.165, 1.54) is 12.5 Å². The first-order valence-electron chi connectivity index (χ1n) is 6.64. The van der Waals surface area contributed by atoms with E-state index in [-0.39, 0.29) is 5.91 Å². The number of aliphatic carboxylic acids is 1. The van der Waals surface area contributed by atoms with Crippen molar-refractivity contribution in [3.05, 3.63) is 34.9 Å². The molecule has 0 heterocycles. The Kier molecular flexibility index (Phi) is 3.60. The quantitative estimate of drug-likeness (QED) is 0.872. The van der Waals surface area contributed by atoms with Gasteiger partial charge in [-0.25, -0.2) is 4.79 Å². The second-order valence-corrected chi connectivity index (χ2v) is 5.24. The van der Waals surface area contributed by atoms with Gasteiger partial charge in [0, 0.05) is 5.56 Å². The Morgan fingerprint density at radius 3 is 2.74 bits per heavy atom. The lowest BCUT2D eigenvalue weighted by atomic mass is 9.97. The molecule has 1 atom stereocenters. The molecule has 1 aliphatic carbocycles. The van der Waals surface area contributed by atoms with Gasteiger partial charge in [0.2, 0.25) is 0 Å². The average Bonchev–Trinajstić information content (AvgIpc) is 2.86. The topological polar surface area (TPSA) is 66.4 Å². The van der Waals surface area contributed by atoms with Crippen LogP contribution in [0.25, 0.3) is 0 Å². The van der Waals surface area contributed by atoms with Crippen LogP contribution in [0.5, 0.6) is 0 Å². The minimum Gasteiger partial charge on any atom is -0.480 e. The molecule has 0 aromatic heterocycles. The number of amides is 1. The maximum Gasteiger partial charge on any atom is 0.329 e. The summed E-state index contributed by atoms with van der Waals surface area (Å²) in [7, 11) is 0. The van der Waals surface area contributed by atoms with Gasteiger partial charge in [-0.2, -0.15) is 0 Å². The number of carbonyl (C=O) groups is 2. The van der Waals surface area contributed by atoms with Crippen molar-refractivity contribution in [3.63, 3.8) is 0 Å². The van der Waals surface area contributed by atoms with E-state index in [9.17, 15) is 14.7 Å². The molecule has 2 N–H and O–H groups in total. The fourth-order valence-corrected chi connectivity index (χ4v) is 2.44. The molecular formula is C15H19NO3. The van der Waals surface area contributed by atoms with Crippen LogP contribution in [-0.2, 0) is 17.6 Å². The normalized spacial score (nSPS) is 16.5. The fourth-order valence-electron chi connectivity index (χ4n) is 2.44. The van der Waals surface area contributed by atoms with Gasteiger partial charge in [0.25, 0.3) is 5.91 Å². The summed E-state index contributed by atoms with van der Waals surface area (Å²) in [6, 6.07) is 5.68. The molecule has 4 nitrogen and oxygen atoms in total. The number of carboxylic acids is 1. The van der Waals surface area contributed by atoms with E-state index in [0.29, 0.717) is 12.0 Å². The molecule has 1 amide bonds. The second-order valence-electron chi connectivity index (χ2n) is 5.24. The Balaban J connectivity index is 2.26. The predicted octanol–water partition coefficient (Wildman–Crippen LogP) is 2.16. The zero-order valence-corrected chi connectivity index (χ0v) is 11.3. The van der Waals surface area contributed by atoms with E-state index < -0.39 is 11.5 Å². The Bertz CT molecular complexity index is 524. The Morgan fingerprint density at radius 1 is 1.37 bits per heavy atom. The summed E-state index contributed by atoms with van der Waals surface area (Å²) in [5.74, 6) is -1.29. The van der Waals surface area contributed by atoms with E-state index in [0.717, 1.165) is 24.8 Å². The number of hydrogen-bond donors (Lipinski definition) is 2. The van der Waals surface area contributed by atoms with Crippen molar-refractivity contribution >= 4 is 11.9 Å². The predicted molar refractivity (Wildman–Crippen MR) is 72.3 cm³/mol. The minimum absolute atomic E-state index is 0.287. The van der Waals surface area contributed by atoms with Crippen molar-refractivity contribution < 1.29 is 14.7 Å². The molecule has 0 fully saturated rings. The SMILES string of the molecule is CCC(C)(NC(=O)c1cccc2c1CCC2)C(=O)O. The number of carboxylic acid groups (broad SMARTS) is 1. The lowest BCUT2D eigenvalue weighted by molar-refractivity contribution is -0.143. The van der Waals surface area contributed by atoms with Crippen molar-refractivity contribution in [3.8, 4) is 0 Å². The van der Waals surface area contributed by atoms with Gasteiger partial charge in [-0.05, 0) is 49.8 Å². The van der Waals surface area contributed by atoms with E-state index >= 15 is 0 Å². The van der Waals surface area contributed by atoms with Crippen LogP contribution in [0.3, 0.4) is 0 Å². The highest BCUT2D eigenvalue weighted by molar-refractivity contribution is 5.99. The summed E-state index contributed by atoms with van der Waals surface area (Å²) in [6.45, 7) is 3.29. The molecule has 1 aromatic rings. The van der Waals surface area contributed by atoms with Crippen LogP contribution in [-0.4, -0.2) is 22.5 Å². The lowest BCUT2D eigenvalue weighted by Crippen LogP contribution is -2.51. The zero-order chi connectivity index (χ0) is 14.0. The van der Waals surface area contributed by atoms with Crippen molar-refractivity contribution in [2.75, 3.05) is 0 Å². The second kappa shape index (κ2) is 5.03. The molecule has 1 aliphatic rings. The zero-order valence-electron chi connectivity index (χ0n) is 11.3. The number of fused-ring (bicyclic) bond motifs is 1. The van der Waals surface area contributed by atoms with E-state index in [1.54, 1.807) is 13.0 Å². The average molecular weight is 261 g/mol. The van der Waals surface area contributed by atoms with Gasteiger partial charge in [0.1, 0.15) is 5.54 Å². The van der Waals surface area contributed by atoms with E-state index in [2.05, 4.69) is 5.32 Å². The van der Waals surface area contributed by atoms with Gasteiger partial charge >= 0.3 is 5.97 Å². The van der Waals surface area contributed by atoms with E-state index in [4.69, 9.17) is 0 Å². The van der Waals surface area contributed by atoms with Gasteiger partial charge in [0.15, 0.2) is 0 Å². The van der Waals surface area contributed by atoms with Gasteiger partial charge in [-0.15, -0.1) is 0 Å². The molecule has 1 aromatic carbocycles. The summed E-state index contributed by atoms with van der Waals surface area (Å²) in [4.78, 5) is 23.5. The smallest absolute Gasteiger partial charge is 0.329 e. The third-order valence-electron chi connectivity index (χ3n) is 3.96. The van der Waals surface area contributed by atoms with Gasteiger partial charge in [0.05, 0.1) is 0 Å². The van der Waals surface area contributed by atoms with Gasteiger partial charge in [-0.3, -0.25) is 4.79 Å². The van der Waals surface area contributed by atoms with Crippen molar-refractivity contribution in [2.24, 2.45) is 0 Å². The van der Waals surface area contributed by atoms with Crippen LogP contribution < -0.4 is 5.32 Å². The highest BCUT2D eigenvalue weighted by atomic mass is 16.4. The largest absolute Gasteiger partial charge is 0.480 e. The summed E-state index contributed by atoms with van der Waals surface area (Å²) in [5.41, 5.74) is 1.69. The van der Waals surface area contributed by atoms with Crippen LogP contribution >= 0.6 is 0 Å². The standard InChI is InChI=1S/C15H19NO3/c1-3-15(2,14(18)19)16-13(17)12-9-5-7-10-6-4-8-11(10)12/h5,7,9H,3-4,6,8H2,1-2H3,(H,16,17)(H,18,19). The molecular weight excluding hydrogens is 242 g/mol. The first-order chi connectivity index (χ1) is 8.98. The molecule has 102 valence electrons. The van der Waals surface area contributed by atoms with Crippen LogP contribution in [0.15, 0.2) is 18.2 Å². The summed E-state index contributed by atoms with van der Waals surface area (Å²) in [6.07, 6.45) is 3.31. The number of rotatable bonds is 4. The molecule has 0 spiro atoms. The first-order valence-corrected chi connectivity index (χ1v) is 6.64. The molecule has 19 heavy (non-hydrogen) atoms. The molecule has 2 rings (SSSR count). The minimum atomic E-state index is -1.21. The number of hydrogen-bond acceptors (Lipinski definition) is 2. The highest BCUT2D eigenvalue weighted by Crippen LogP contribution is 2.25. The molecule has 0 bridgehead atoms. The van der Waals surface area contributed by atoms with Crippen LogP contribution in [0.2, 0.25) is 0 Å². The van der Waals surface area contributed by atoms with Crippen molar-refractivity contribution in [1.29, 1.82) is 0 Å². The molecule has 4 heteroatoms. The lowest BCUT2D eigenvalue weighted by Gasteiger charge is -2.25. The number of benzene rings is 1. The van der Waals surface area contributed by atoms with Gasteiger partial charge < -0.3 is 10.4 Å². The first kappa shape index (κ1) is 13.6. The molecule has 0 radical (unpaired) electrons. The maximum atomic E-state index is 12.3. The molecule has 0 aliphatic heterocycles. The maximum absolute atomic E-state index is 12.3.